The highest BCUT2D eigenvalue weighted by Gasteiger charge is 2.13. The van der Waals surface area contributed by atoms with E-state index in [1.165, 1.54) is 0 Å². The zero-order valence-electron chi connectivity index (χ0n) is 10.2. The van der Waals surface area contributed by atoms with Gasteiger partial charge in [0.05, 0.1) is 0 Å². The Bertz CT molecular complexity index is 558. The van der Waals surface area contributed by atoms with Gasteiger partial charge in [-0.1, -0.05) is 18.2 Å². The second kappa shape index (κ2) is 4.86. The first-order chi connectivity index (χ1) is 8.47. The lowest BCUT2D eigenvalue weighted by atomic mass is 9.98. The molecule has 1 N–H and O–H groups in total. The minimum absolute atomic E-state index is 0.218. The van der Waals surface area contributed by atoms with Gasteiger partial charge in [-0.05, 0) is 48.2 Å². The van der Waals surface area contributed by atoms with Crippen LogP contribution in [0.1, 0.15) is 28.4 Å². The van der Waals surface area contributed by atoms with Crippen LogP contribution in [0.2, 0.25) is 0 Å². The highest BCUT2D eigenvalue weighted by molar-refractivity contribution is 5.36. The summed E-state index contributed by atoms with van der Waals surface area (Å²) >= 11 is 0. The summed E-state index contributed by atoms with van der Waals surface area (Å²) in [6.45, 7) is 3.89. The van der Waals surface area contributed by atoms with E-state index in [0.717, 1.165) is 29.3 Å². The van der Waals surface area contributed by atoms with Crippen LogP contribution in [0.3, 0.4) is 0 Å². The number of aryl methyl sites for hydroxylation is 2. The Labute approximate surface area is 105 Å². The topological polar surface area (TPSA) is 20.2 Å². The van der Waals surface area contributed by atoms with Gasteiger partial charge in [0.15, 0.2) is 0 Å². The Morgan fingerprint density at radius 3 is 2.00 bits per heavy atom. The third kappa shape index (κ3) is 2.57. The van der Waals surface area contributed by atoms with Gasteiger partial charge in [-0.3, -0.25) is 0 Å². The average molecular weight is 248 g/mol. The molecule has 1 nitrogen and oxygen atoms in total. The zero-order chi connectivity index (χ0) is 13.3. The summed E-state index contributed by atoms with van der Waals surface area (Å²) in [7, 11) is 0. The van der Waals surface area contributed by atoms with Crippen LogP contribution in [0.25, 0.3) is 0 Å². The smallest absolute Gasteiger partial charge is 0.126 e. The average Bonchev–Trinajstić information content (AvgIpc) is 2.30. The number of hydrogen-bond acceptors (Lipinski definition) is 1. The lowest BCUT2D eigenvalue weighted by Crippen LogP contribution is -2.02. The van der Waals surface area contributed by atoms with E-state index in [9.17, 15) is 13.9 Å². The summed E-state index contributed by atoms with van der Waals surface area (Å²) in [6, 6.07) is 8.53. The number of aliphatic hydroxyl groups is 1. The van der Waals surface area contributed by atoms with E-state index < -0.39 is 17.7 Å². The van der Waals surface area contributed by atoms with Crippen LogP contribution in [-0.4, -0.2) is 5.11 Å². The van der Waals surface area contributed by atoms with Crippen molar-refractivity contribution >= 4 is 0 Å². The SMILES string of the molecule is Cc1ccc(C(O)c2cc(F)cc(F)c2)cc1C. The normalized spacial score (nSPS) is 12.5. The van der Waals surface area contributed by atoms with Crippen LogP contribution in [-0.2, 0) is 0 Å². The molecular formula is C15H14F2O. The molecule has 2 aromatic carbocycles. The first-order valence-electron chi connectivity index (χ1n) is 5.68. The van der Waals surface area contributed by atoms with Crippen molar-refractivity contribution in [3.8, 4) is 0 Å². The van der Waals surface area contributed by atoms with Crippen LogP contribution < -0.4 is 0 Å². The number of benzene rings is 2. The molecule has 3 heteroatoms. The zero-order valence-corrected chi connectivity index (χ0v) is 10.2. The minimum atomic E-state index is -1.02. The number of halogens is 2. The van der Waals surface area contributed by atoms with E-state index in [0.29, 0.717) is 5.56 Å². The molecule has 94 valence electrons. The second-order valence-corrected chi connectivity index (χ2v) is 4.45. The van der Waals surface area contributed by atoms with Crippen LogP contribution in [0.5, 0.6) is 0 Å². The molecule has 0 amide bonds. The quantitative estimate of drug-likeness (QED) is 0.859. The predicted octanol–water partition coefficient (Wildman–Crippen LogP) is 3.66. The van der Waals surface area contributed by atoms with Gasteiger partial charge in [0.1, 0.15) is 17.7 Å². The largest absolute Gasteiger partial charge is 0.384 e. The highest BCUT2D eigenvalue weighted by Crippen LogP contribution is 2.25. The maximum absolute atomic E-state index is 13.1. The molecule has 0 aliphatic carbocycles. The lowest BCUT2D eigenvalue weighted by Gasteiger charge is -2.13. The number of hydrogen-bond donors (Lipinski definition) is 1. The number of aliphatic hydroxyl groups excluding tert-OH is 1. The molecule has 0 spiro atoms. The Kier molecular flexibility index (Phi) is 3.43. The molecule has 2 aromatic rings. The third-order valence-electron chi connectivity index (χ3n) is 3.05. The molecule has 0 heterocycles. The maximum Gasteiger partial charge on any atom is 0.126 e. The van der Waals surface area contributed by atoms with Crippen molar-refractivity contribution < 1.29 is 13.9 Å². The standard InChI is InChI=1S/C15H14F2O/c1-9-3-4-11(5-10(9)2)15(18)12-6-13(16)8-14(17)7-12/h3-8,15,18H,1-2H3. The molecule has 0 aromatic heterocycles. The van der Waals surface area contributed by atoms with Crippen molar-refractivity contribution in [3.63, 3.8) is 0 Å². The Balaban J connectivity index is 2.40. The fraction of sp³-hybridized carbons (Fsp3) is 0.200. The first-order valence-corrected chi connectivity index (χ1v) is 5.68. The van der Waals surface area contributed by atoms with Gasteiger partial charge in [-0.2, -0.15) is 0 Å². The molecule has 2 rings (SSSR count). The van der Waals surface area contributed by atoms with Crippen LogP contribution in [0.4, 0.5) is 8.78 Å². The molecule has 0 radical (unpaired) electrons. The van der Waals surface area contributed by atoms with E-state index in [-0.39, 0.29) is 5.56 Å². The van der Waals surface area contributed by atoms with Crippen molar-refractivity contribution in [1.82, 2.24) is 0 Å². The summed E-state index contributed by atoms with van der Waals surface area (Å²) < 4.78 is 26.2. The van der Waals surface area contributed by atoms with E-state index >= 15 is 0 Å². The Morgan fingerprint density at radius 2 is 1.44 bits per heavy atom. The molecule has 0 fully saturated rings. The molecule has 0 saturated heterocycles. The number of rotatable bonds is 2. The Morgan fingerprint density at radius 1 is 0.833 bits per heavy atom. The predicted molar refractivity (Wildman–Crippen MR) is 66.3 cm³/mol. The molecule has 1 unspecified atom stereocenters. The fourth-order valence-electron chi connectivity index (χ4n) is 1.86. The van der Waals surface area contributed by atoms with Gasteiger partial charge in [-0.15, -0.1) is 0 Å². The molecule has 1 atom stereocenters. The summed E-state index contributed by atoms with van der Waals surface area (Å²) in [5.41, 5.74) is 2.98. The van der Waals surface area contributed by atoms with Crippen LogP contribution in [0, 0.1) is 25.5 Å². The van der Waals surface area contributed by atoms with Gasteiger partial charge in [0, 0.05) is 6.07 Å². The first kappa shape index (κ1) is 12.7. The van der Waals surface area contributed by atoms with Gasteiger partial charge >= 0.3 is 0 Å². The monoisotopic (exact) mass is 248 g/mol. The van der Waals surface area contributed by atoms with Crippen molar-refractivity contribution in [1.29, 1.82) is 0 Å². The Hall–Kier alpha value is -1.74. The van der Waals surface area contributed by atoms with Crippen molar-refractivity contribution in [2.75, 3.05) is 0 Å². The molecule has 0 aliphatic heterocycles. The highest BCUT2D eigenvalue weighted by atomic mass is 19.1. The molecule has 0 aliphatic rings. The lowest BCUT2D eigenvalue weighted by molar-refractivity contribution is 0.219. The summed E-state index contributed by atoms with van der Waals surface area (Å²) in [5.74, 6) is -1.37. The van der Waals surface area contributed by atoms with Gasteiger partial charge in [-0.25, -0.2) is 8.78 Å². The van der Waals surface area contributed by atoms with Crippen LogP contribution >= 0.6 is 0 Å². The summed E-state index contributed by atoms with van der Waals surface area (Å²) in [6.07, 6.45) is -1.02. The molecule has 18 heavy (non-hydrogen) atoms. The minimum Gasteiger partial charge on any atom is -0.384 e. The second-order valence-electron chi connectivity index (χ2n) is 4.45. The summed E-state index contributed by atoms with van der Waals surface area (Å²) in [4.78, 5) is 0. The van der Waals surface area contributed by atoms with Gasteiger partial charge < -0.3 is 5.11 Å². The van der Waals surface area contributed by atoms with Crippen molar-refractivity contribution in [3.05, 3.63) is 70.3 Å². The maximum atomic E-state index is 13.1. The molecular weight excluding hydrogens is 234 g/mol. The van der Waals surface area contributed by atoms with Crippen molar-refractivity contribution in [2.45, 2.75) is 20.0 Å². The van der Waals surface area contributed by atoms with E-state index in [2.05, 4.69) is 0 Å². The van der Waals surface area contributed by atoms with E-state index in [1.54, 1.807) is 6.07 Å². The third-order valence-corrected chi connectivity index (χ3v) is 3.05. The summed E-state index contributed by atoms with van der Waals surface area (Å²) in [5, 5.41) is 10.1. The van der Waals surface area contributed by atoms with Crippen LogP contribution in [0.15, 0.2) is 36.4 Å². The van der Waals surface area contributed by atoms with Gasteiger partial charge in [0.2, 0.25) is 0 Å². The fourth-order valence-corrected chi connectivity index (χ4v) is 1.86. The molecule has 0 saturated carbocycles. The molecule has 0 bridgehead atoms. The van der Waals surface area contributed by atoms with E-state index in [4.69, 9.17) is 0 Å². The van der Waals surface area contributed by atoms with Crippen molar-refractivity contribution in [2.24, 2.45) is 0 Å². The van der Waals surface area contributed by atoms with Gasteiger partial charge in [0.25, 0.3) is 0 Å². The van der Waals surface area contributed by atoms with E-state index in [1.807, 2.05) is 26.0 Å².